The lowest BCUT2D eigenvalue weighted by molar-refractivity contribution is 0.0521. The maximum absolute atomic E-state index is 11.9. The van der Waals surface area contributed by atoms with E-state index in [1.54, 1.807) is 31.2 Å². The fourth-order valence-corrected chi connectivity index (χ4v) is 1.12. The minimum absolute atomic E-state index is 0.0591. The number of hydrogen-bond donors (Lipinski definition) is 0. The molecule has 0 saturated heterocycles. The van der Waals surface area contributed by atoms with Crippen LogP contribution in [0.3, 0.4) is 0 Å². The summed E-state index contributed by atoms with van der Waals surface area (Å²) in [6.45, 7) is 1.38. The third-order valence-electron chi connectivity index (χ3n) is 1.72. The molecule has 0 amide bonds. The Kier molecular flexibility index (Phi) is 4.60. The van der Waals surface area contributed by atoms with E-state index in [9.17, 15) is 9.18 Å². The van der Waals surface area contributed by atoms with Gasteiger partial charge in [-0.3, -0.25) is 0 Å². The maximum atomic E-state index is 11.9. The van der Waals surface area contributed by atoms with Crippen LogP contribution in [0.25, 0.3) is 0 Å². The zero-order valence-electron chi connectivity index (χ0n) is 8.53. The highest BCUT2D eigenvalue weighted by molar-refractivity contribution is 5.92. The zero-order valence-corrected chi connectivity index (χ0v) is 8.53. The summed E-state index contributed by atoms with van der Waals surface area (Å²) in [7, 11) is 0. The average Bonchev–Trinajstić information content (AvgIpc) is 2.27. The van der Waals surface area contributed by atoms with Crippen molar-refractivity contribution in [1.29, 1.82) is 0 Å². The molecule has 3 nitrogen and oxygen atoms in total. The van der Waals surface area contributed by atoms with Gasteiger partial charge in [0.15, 0.2) is 0 Å². The van der Waals surface area contributed by atoms with Gasteiger partial charge in [0, 0.05) is 0 Å². The fourth-order valence-electron chi connectivity index (χ4n) is 1.12. The standard InChI is InChI=1S/C11H13FO3/c1-2-14-11(13)9-5-3-4-6-10(9)15-8-7-12/h3-6H,2,7-8H2,1H3. The Morgan fingerprint density at radius 2 is 2.13 bits per heavy atom. The van der Waals surface area contributed by atoms with E-state index in [-0.39, 0.29) is 6.61 Å². The molecule has 0 saturated carbocycles. The summed E-state index contributed by atoms with van der Waals surface area (Å²) in [6, 6.07) is 6.62. The van der Waals surface area contributed by atoms with Gasteiger partial charge in [-0.1, -0.05) is 12.1 Å². The number of halogens is 1. The van der Waals surface area contributed by atoms with Gasteiger partial charge in [0.05, 0.1) is 6.61 Å². The molecule has 0 bridgehead atoms. The second-order valence-corrected chi connectivity index (χ2v) is 2.75. The van der Waals surface area contributed by atoms with E-state index >= 15 is 0 Å². The van der Waals surface area contributed by atoms with Gasteiger partial charge in [-0.25, -0.2) is 9.18 Å². The summed E-state index contributed by atoms with van der Waals surface area (Å²) in [5.74, 6) is -0.0967. The molecule has 82 valence electrons. The Labute approximate surface area is 87.8 Å². The number of esters is 1. The van der Waals surface area contributed by atoms with E-state index in [2.05, 4.69) is 0 Å². The molecule has 0 aliphatic carbocycles. The highest BCUT2D eigenvalue weighted by Crippen LogP contribution is 2.18. The molecule has 0 unspecified atom stereocenters. The van der Waals surface area contributed by atoms with Crippen LogP contribution in [0, 0.1) is 0 Å². The third kappa shape index (κ3) is 3.23. The predicted molar refractivity (Wildman–Crippen MR) is 53.9 cm³/mol. The molecule has 0 aliphatic rings. The van der Waals surface area contributed by atoms with Crippen LogP contribution in [0.2, 0.25) is 0 Å². The van der Waals surface area contributed by atoms with E-state index in [1.165, 1.54) is 0 Å². The van der Waals surface area contributed by atoms with Crippen LogP contribution >= 0.6 is 0 Å². The number of ether oxygens (including phenoxy) is 2. The van der Waals surface area contributed by atoms with Crippen molar-refractivity contribution in [2.45, 2.75) is 6.92 Å². The highest BCUT2D eigenvalue weighted by Gasteiger charge is 2.12. The van der Waals surface area contributed by atoms with Crippen molar-refractivity contribution in [3.63, 3.8) is 0 Å². The van der Waals surface area contributed by atoms with Crippen molar-refractivity contribution in [2.75, 3.05) is 19.9 Å². The van der Waals surface area contributed by atoms with Crippen molar-refractivity contribution in [1.82, 2.24) is 0 Å². The van der Waals surface area contributed by atoms with Crippen molar-refractivity contribution in [3.8, 4) is 5.75 Å². The summed E-state index contributed by atoms with van der Waals surface area (Å²) >= 11 is 0. The first-order chi connectivity index (χ1) is 7.29. The molecule has 1 aromatic carbocycles. The normalized spacial score (nSPS) is 9.73. The van der Waals surface area contributed by atoms with Gasteiger partial charge in [-0.15, -0.1) is 0 Å². The zero-order chi connectivity index (χ0) is 11.1. The van der Waals surface area contributed by atoms with Gasteiger partial charge in [0.2, 0.25) is 0 Å². The number of carbonyl (C=O) groups excluding carboxylic acids is 1. The first-order valence-corrected chi connectivity index (χ1v) is 4.74. The lowest BCUT2D eigenvalue weighted by Gasteiger charge is -2.08. The Hall–Kier alpha value is -1.58. The van der Waals surface area contributed by atoms with Crippen molar-refractivity contribution < 1.29 is 18.7 Å². The van der Waals surface area contributed by atoms with Crippen molar-refractivity contribution in [3.05, 3.63) is 29.8 Å². The lowest BCUT2D eigenvalue weighted by atomic mass is 10.2. The summed E-state index contributed by atoms with van der Waals surface area (Å²) in [6.07, 6.45) is 0. The van der Waals surface area contributed by atoms with E-state index in [0.717, 1.165) is 0 Å². The van der Waals surface area contributed by atoms with Crippen molar-refractivity contribution in [2.24, 2.45) is 0 Å². The van der Waals surface area contributed by atoms with Crippen LogP contribution in [0.15, 0.2) is 24.3 Å². The lowest BCUT2D eigenvalue weighted by Crippen LogP contribution is -2.08. The number of rotatable bonds is 5. The Bertz CT molecular complexity index is 325. The van der Waals surface area contributed by atoms with Crippen LogP contribution in [-0.4, -0.2) is 25.9 Å². The molecular weight excluding hydrogens is 199 g/mol. The largest absolute Gasteiger partial charge is 0.490 e. The second-order valence-electron chi connectivity index (χ2n) is 2.75. The molecule has 0 heterocycles. The Balaban J connectivity index is 2.80. The molecule has 1 rings (SSSR count). The van der Waals surface area contributed by atoms with Gasteiger partial charge in [0.1, 0.15) is 24.6 Å². The van der Waals surface area contributed by atoms with E-state index < -0.39 is 12.6 Å². The summed E-state index contributed by atoms with van der Waals surface area (Å²) < 4.78 is 21.8. The summed E-state index contributed by atoms with van der Waals surface area (Å²) in [4.78, 5) is 11.4. The molecule has 0 aliphatic heterocycles. The number of para-hydroxylation sites is 1. The first-order valence-electron chi connectivity index (χ1n) is 4.74. The average molecular weight is 212 g/mol. The van der Waals surface area contributed by atoms with Crippen LogP contribution in [0.4, 0.5) is 4.39 Å². The van der Waals surface area contributed by atoms with E-state index in [4.69, 9.17) is 9.47 Å². The van der Waals surface area contributed by atoms with E-state index in [1.807, 2.05) is 0 Å². The van der Waals surface area contributed by atoms with Crippen LogP contribution < -0.4 is 4.74 Å². The Morgan fingerprint density at radius 1 is 1.40 bits per heavy atom. The van der Waals surface area contributed by atoms with Gasteiger partial charge in [0.25, 0.3) is 0 Å². The van der Waals surface area contributed by atoms with Crippen LogP contribution in [0.5, 0.6) is 5.75 Å². The molecule has 4 heteroatoms. The van der Waals surface area contributed by atoms with Crippen LogP contribution in [0.1, 0.15) is 17.3 Å². The predicted octanol–water partition coefficient (Wildman–Crippen LogP) is 2.21. The third-order valence-corrected chi connectivity index (χ3v) is 1.72. The fraction of sp³-hybridized carbons (Fsp3) is 0.364. The monoisotopic (exact) mass is 212 g/mol. The summed E-state index contributed by atoms with van der Waals surface area (Å²) in [5.41, 5.74) is 0.327. The van der Waals surface area contributed by atoms with Gasteiger partial charge in [-0.2, -0.15) is 0 Å². The van der Waals surface area contributed by atoms with Gasteiger partial charge >= 0.3 is 5.97 Å². The molecule has 0 fully saturated rings. The number of hydrogen-bond acceptors (Lipinski definition) is 3. The van der Waals surface area contributed by atoms with Crippen molar-refractivity contribution >= 4 is 5.97 Å². The minimum Gasteiger partial charge on any atom is -0.490 e. The molecule has 0 N–H and O–H groups in total. The molecule has 0 aromatic heterocycles. The number of alkyl halides is 1. The smallest absolute Gasteiger partial charge is 0.341 e. The molecular formula is C11H13FO3. The minimum atomic E-state index is -0.586. The quantitative estimate of drug-likeness (QED) is 0.702. The van der Waals surface area contributed by atoms with Gasteiger partial charge in [-0.05, 0) is 19.1 Å². The first kappa shape index (κ1) is 11.5. The summed E-state index contributed by atoms with van der Waals surface area (Å²) in [5, 5.41) is 0. The maximum Gasteiger partial charge on any atom is 0.341 e. The molecule has 0 spiro atoms. The second kappa shape index (κ2) is 6.01. The molecule has 0 atom stereocenters. The SMILES string of the molecule is CCOC(=O)c1ccccc1OCCF. The van der Waals surface area contributed by atoms with Crippen LogP contribution in [-0.2, 0) is 4.74 Å². The molecule has 1 aromatic rings. The number of benzene rings is 1. The molecule has 0 radical (unpaired) electrons. The topological polar surface area (TPSA) is 35.5 Å². The molecule has 15 heavy (non-hydrogen) atoms. The Morgan fingerprint density at radius 3 is 2.80 bits per heavy atom. The van der Waals surface area contributed by atoms with E-state index in [0.29, 0.717) is 17.9 Å². The van der Waals surface area contributed by atoms with Gasteiger partial charge < -0.3 is 9.47 Å². The number of carbonyl (C=O) groups is 1. The highest BCUT2D eigenvalue weighted by atomic mass is 19.1.